The Labute approximate surface area is 115 Å². The molecule has 0 aromatic carbocycles. The van der Waals surface area contributed by atoms with Gasteiger partial charge in [0.15, 0.2) is 0 Å². The Kier molecular flexibility index (Phi) is 5.37. The van der Waals surface area contributed by atoms with Gasteiger partial charge < -0.3 is 5.32 Å². The van der Waals surface area contributed by atoms with E-state index < -0.39 is 5.92 Å². The molecule has 0 amide bonds. The van der Waals surface area contributed by atoms with Crippen LogP contribution in [0.4, 0.5) is 8.78 Å². The summed E-state index contributed by atoms with van der Waals surface area (Å²) in [5, 5.41) is 3.40. The summed E-state index contributed by atoms with van der Waals surface area (Å²) in [4.78, 5) is 0. The SMILES string of the molecule is CNC(C1=CCCCCCC1)C1CCC(F)(F)CC1. The first-order valence-electron chi connectivity index (χ1n) is 7.86. The summed E-state index contributed by atoms with van der Waals surface area (Å²) in [7, 11) is 1.98. The molecular formula is C16H27F2N. The fourth-order valence-electron chi connectivity index (χ4n) is 3.62. The number of likely N-dealkylation sites (N-methyl/N-ethyl adjacent to an activating group) is 1. The molecule has 0 radical (unpaired) electrons. The lowest BCUT2D eigenvalue weighted by Crippen LogP contribution is -2.39. The third kappa shape index (κ3) is 4.27. The van der Waals surface area contributed by atoms with Crippen molar-refractivity contribution >= 4 is 0 Å². The smallest absolute Gasteiger partial charge is 0.248 e. The van der Waals surface area contributed by atoms with Crippen LogP contribution >= 0.6 is 0 Å². The fraction of sp³-hybridized carbons (Fsp3) is 0.875. The predicted octanol–water partition coefficient (Wildman–Crippen LogP) is 4.68. The first-order valence-corrected chi connectivity index (χ1v) is 7.86. The van der Waals surface area contributed by atoms with Gasteiger partial charge in [-0.25, -0.2) is 8.78 Å². The van der Waals surface area contributed by atoms with Crippen molar-refractivity contribution in [3.63, 3.8) is 0 Å². The van der Waals surface area contributed by atoms with Crippen molar-refractivity contribution in [3.05, 3.63) is 11.6 Å². The molecule has 0 bridgehead atoms. The first-order chi connectivity index (χ1) is 9.12. The maximum Gasteiger partial charge on any atom is 0.248 e. The Bertz CT molecular complexity index is 302. The lowest BCUT2D eigenvalue weighted by atomic mass is 9.78. The topological polar surface area (TPSA) is 12.0 Å². The average molecular weight is 271 g/mol. The molecular weight excluding hydrogens is 244 g/mol. The van der Waals surface area contributed by atoms with Crippen LogP contribution < -0.4 is 5.32 Å². The number of alkyl halides is 2. The van der Waals surface area contributed by atoms with Crippen molar-refractivity contribution in [3.8, 4) is 0 Å². The Morgan fingerprint density at radius 2 is 1.84 bits per heavy atom. The van der Waals surface area contributed by atoms with E-state index in [-0.39, 0.29) is 12.8 Å². The van der Waals surface area contributed by atoms with Crippen LogP contribution in [0, 0.1) is 5.92 Å². The van der Waals surface area contributed by atoms with E-state index in [1.807, 2.05) is 7.05 Å². The molecule has 1 N–H and O–H groups in total. The van der Waals surface area contributed by atoms with Crippen LogP contribution in [0.5, 0.6) is 0 Å². The molecule has 0 aromatic heterocycles. The zero-order valence-corrected chi connectivity index (χ0v) is 12.1. The summed E-state index contributed by atoms with van der Waals surface area (Å²) < 4.78 is 26.5. The maximum atomic E-state index is 13.3. The number of nitrogens with one attached hydrogen (secondary N) is 1. The monoisotopic (exact) mass is 271 g/mol. The van der Waals surface area contributed by atoms with Gasteiger partial charge in [-0.15, -0.1) is 0 Å². The van der Waals surface area contributed by atoms with Gasteiger partial charge in [0.05, 0.1) is 0 Å². The second-order valence-electron chi connectivity index (χ2n) is 6.19. The summed E-state index contributed by atoms with van der Waals surface area (Å²) in [5.41, 5.74) is 1.48. The highest BCUT2D eigenvalue weighted by atomic mass is 19.3. The molecule has 0 spiro atoms. The zero-order chi connectivity index (χ0) is 13.7. The fourth-order valence-corrected chi connectivity index (χ4v) is 3.62. The van der Waals surface area contributed by atoms with E-state index in [9.17, 15) is 8.78 Å². The van der Waals surface area contributed by atoms with Crippen molar-refractivity contribution in [2.24, 2.45) is 5.92 Å². The van der Waals surface area contributed by atoms with Gasteiger partial charge in [0.2, 0.25) is 5.92 Å². The molecule has 19 heavy (non-hydrogen) atoms. The van der Waals surface area contributed by atoms with Gasteiger partial charge in [0.25, 0.3) is 0 Å². The summed E-state index contributed by atoms with van der Waals surface area (Å²) in [5.74, 6) is -2.01. The Balaban J connectivity index is 1.98. The normalized spacial score (nSPS) is 27.2. The number of rotatable bonds is 3. The van der Waals surface area contributed by atoms with Crippen LogP contribution in [0.25, 0.3) is 0 Å². The average Bonchev–Trinajstić information content (AvgIpc) is 2.34. The van der Waals surface area contributed by atoms with Crippen LogP contribution in [0.2, 0.25) is 0 Å². The van der Waals surface area contributed by atoms with E-state index in [1.165, 1.54) is 31.3 Å². The van der Waals surface area contributed by atoms with E-state index in [0.717, 1.165) is 12.8 Å². The van der Waals surface area contributed by atoms with Gasteiger partial charge in [0.1, 0.15) is 0 Å². The Morgan fingerprint density at radius 3 is 2.53 bits per heavy atom. The molecule has 2 aliphatic rings. The summed E-state index contributed by atoms with van der Waals surface area (Å²) in [6.07, 6.45) is 11.4. The highest BCUT2D eigenvalue weighted by Crippen LogP contribution is 2.39. The predicted molar refractivity (Wildman–Crippen MR) is 75.5 cm³/mol. The van der Waals surface area contributed by atoms with Crippen LogP contribution in [0.3, 0.4) is 0 Å². The van der Waals surface area contributed by atoms with E-state index >= 15 is 0 Å². The second kappa shape index (κ2) is 6.83. The molecule has 0 saturated heterocycles. The van der Waals surface area contributed by atoms with Crippen LogP contribution in [0.1, 0.15) is 64.2 Å². The second-order valence-corrected chi connectivity index (χ2v) is 6.19. The standard InChI is InChI=1S/C16H27F2N/c1-19-15(13-7-5-3-2-4-6-8-13)14-9-11-16(17,18)12-10-14/h7,14-15,19H,2-6,8-12H2,1H3. The molecule has 0 aliphatic heterocycles. The van der Waals surface area contributed by atoms with E-state index in [1.54, 1.807) is 0 Å². The molecule has 1 atom stereocenters. The molecule has 0 aromatic rings. The molecule has 3 heteroatoms. The molecule has 1 nitrogen and oxygen atoms in total. The molecule has 1 saturated carbocycles. The van der Waals surface area contributed by atoms with Gasteiger partial charge in [0, 0.05) is 18.9 Å². The molecule has 1 unspecified atom stereocenters. The number of hydrogen-bond acceptors (Lipinski definition) is 1. The minimum atomic E-state index is -2.41. The summed E-state index contributed by atoms with van der Waals surface area (Å²) >= 11 is 0. The number of hydrogen-bond donors (Lipinski definition) is 1. The van der Waals surface area contributed by atoms with Crippen LogP contribution in [0.15, 0.2) is 11.6 Å². The van der Waals surface area contributed by atoms with Crippen molar-refractivity contribution < 1.29 is 8.78 Å². The maximum absolute atomic E-state index is 13.3. The summed E-state index contributed by atoms with van der Waals surface area (Å²) in [6, 6.07) is 0.328. The summed E-state index contributed by atoms with van der Waals surface area (Å²) in [6.45, 7) is 0. The van der Waals surface area contributed by atoms with Crippen LogP contribution in [-0.4, -0.2) is 19.0 Å². The Morgan fingerprint density at radius 1 is 1.16 bits per heavy atom. The van der Waals surface area contributed by atoms with Gasteiger partial charge in [-0.1, -0.05) is 24.5 Å². The highest BCUT2D eigenvalue weighted by molar-refractivity contribution is 5.14. The van der Waals surface area contributed by atoms with E-state index in [4.69, 9.17) is 0 Å². The van der Waals surface area contributed by atoms with Gasteiger partial charge in [-0.3, -0.25) is 0 Å². The largest absolute Gasteiger partial charge is 0.313 e. The van der Waals surface area contributed by atoms with Gasteiger partial charge in [-0.05, 0) is 51.5 Å². The minimum Gasteiger partial charge on any atom is -0.313 e. The number of allylic oxidation sites excluding steroid dienone is 1. The van der Waals surface area contributed by atoms with Crippen LogP contribution in [-0.2, 0) is 0 Å². The van der Waals surface area contributed by atoms with Crippen molar-refractivity contribution in [1.29, 1.82) is 0 Å². The van der Waals surface area contributed by atoms with Gasteiger partial charge in [-0.2, -0.15) is 0 Å². The third-order valence-electron chi connectivity index (χ3n) is 4.77. The number of halogens is 2. The highest BCUT2D eigenvalue weighted by Gasteiger charge is 2.37. The zero-order valence-electron chi connectivity index (χ0n) is 12.1. The van der Waals surface area contributed by atoms with Crippen molar-refractivity contribution in [2.75, 3.05) is 7.05 Å². The van der Waals surface area contributed by atoms with Crippen molar-refractivity contribution in [1.82, 2.24) is 5.32 Å². The Hall–Kier alpha value is -0.440. The lowest BCUT2D eigenvalue weighted by molar-refractivity contribution is -0.0481. The first kappa shape index (κ1) is 15.0. The molecule has 0 heterocycles. The minimum absolute atomic E-state index is 0.0725. The van der Waals surface area contributed by atoms with E-state index in [0.29, 0.717) is 24.8 Å². The third-order valence-corrected chi connectivity index (χ3v) is 4.77. The van der Waals surface area contributed by atoms with Crippen molar-refractivity contribution in [2.45, 2.75) is 76.2 Å². The molecule has 2 rings (SSSR count). The lowest BCUT2D eigenvalue weighted by Gasteiger charge is -2.35. The van der Waals surface area contributed by atoms with Gasteiger partial charge >= 0.3 is 0 Å². The molecule has 2 aliphatic carbocycles. The van der Waals surface area contributed by atoms with E-state index in [2.05, 4.69) is 11.4 Å². The quantitative estimate of drug-likeness (QED) is 0.735. The molecule has 110 valence electrons. The molecule has 1 fully saturated rings.